The van der Waals surface area contributed by atoms with E-state index in [0.717, 1.165) is 33.3 Å². The fourth-order valence-corrected chi connectivity index (χ4v) is 6.48. The van der Waals surface area contributed by atoms with E-state index in [2.05, 4.69) is 15.6 Å². The first-order valence-corrected chi connectivity index (χ1v) is 15.1. The highest BCUT2D eigenvalue weighted by atomic mass is 32.2. The first kappa shape index (κ1) is 27.0. The Morgan fingerprint density at radius 1 is 1.10 bits per heavy atom. The maximum atomic E-state index is 14.0. The van der Waals surface area contributed by atoms with Gasteiger partial charge in [0.05, 0.1) is 13.2 Å². The average Bonchev–Trinajstić information content (AvgIpc) is 3.53. The number of amides is 3. The first-order valence-electron chi connectivity index (χ1n) is 13.7. The van der Waals surface area contributed by atoms with Gasteiger partial charge in [-0.15, -0.1) is 0 Å². The molecule has 2 aliphatic heterocycles. The summed E-state index contributed by atoms with van der Waals surface area (Å²) in [6.07, 6.45) is 2.80. The molecule has 3 N–H and O–H groups in total. The normalized spacial score (nSPS) is 17.9. The quantitative estimate of drug-likeness (QED) is 0.281. The van der Waals surface area contributed by atoms with Crippen LogP contribution in [0.5, 0.6) is 5.75 Å². The van der Waals surface area contributed by atoms with Crippen LogP contribution < -0.4 is 15.4 Å². The number of carbonyl (C=O) groups excluding carboxylic acids is 3. The average molecular weight is 569 g/mol. The molecule has 2 aliphatic rings. The van der Waals surface area contributed by atoms with E-state index in [1.54, 1.807) is 23.8 Å². The van der Waals surface area contributed by atoms with Crippen LogP contribution in [0.3, 0.4) is 0 Å². The van der Waals surface area contributed by atoms with Gasteiger partial charge in [-0.05, 0) is 59.4 Å². The molecule has 0 fully saturated rings. The molecule has 9 heteroatoms. The van der Waals surface area contributed by atoms with E-state index in [0.29, 0.717) is 36.5 Å². The summed E-state index contributed by atoms with van der Waals surface area (Å²) in [7, 11) is 1.60. The largest absolute Gasteiger partial charge is 0.497 e. The van der Waals surface area contributed by atoms with Crippen LogP contribution in [-0.4, -0.2) is 58.8 Å². The number of aromatic amines is 1. The molecular formula is C32H32N4O4S. The second kappa shape index (κ2) is 11.3. The molecule has 0 unspecified atom stereocenters. The third-order valence-electron chi connectivity index (χ3n) is 8.00. The van der Waals surface area contributed by atoms with Crippen molar-refractivity contribution in [3.8, 4) is 5.75 Å². The predicted octanol–water partition coefficient (Wildman–Crippen LogP) is 4.20. The van der Waals surface area contributed by atoms with E-state index in [9.17, 15) is 14.4 Å². The standard InChI is InChI=1S/C32H32N4O4S/c1-40-20-9-7-8-19(16-20)18-33-30(37)26(14-15-41-2)35-31(38)27-17-24-21-10-5-6-13-25(21)34-28(24)29-22-11-3-4-12-23(22)32(39)36(27)29/h3-13,16,26-27,29,34H,14-15,17-18H2,1-2H3,(H,33,37)(H,35,38)/t26-,27-,29+/m0/s1. The van der Waals surface area contributed by atoms with Gasteiger partial charge in [0.25, 0.3) is 5.91 Å². The van der Waals surface area contributed by atoms with E-state index in [1.807, 2.05) is 79.1 Å². The van der Waals surface area contributed by atoms with Crippen LogP contribution in [0, 0.1) is 0 Å². The van der Waals surface area contributed by atoms with Crippen LogP contribution >= 0.6 is 11.8 Å². The molecule has 0 bridgehead atoms. The Hall–Kier alpha value is -4.24. The van der Waals surface area contributed by atoms with Crippen molar-refractivity contribution >= 4 is 40.4 Å². The van der Waals surface area contributed by atoms with E-state index in [1.165, 1.54) is 0 Å². The van der Waals surface area contributed by atoms with Gasteiger partial charge < -0.3 is 25.3 Å². The number of ether oxygens (including phenoxy) is 1. The van der Waals surface area contributed by atoms with Crippen LogP contribution in [0.15, 0.2) is 72.8 Å². The number of benzene rings is 3. The van der Waals surface area contributed by atoms with E-state index < -0.39 is 18.1 Å². The van der Waals surface area contributed by atoms with Crippen molar-refractivity contribution in [2.45, 2.75) is 37.5 Å². The molecule has 41 heavy (non-hydrogen) atoms. The molecule has 0 spiro atoms. The molecule has 4 aromatic rings. The zero-order chi connectivity index (χ0) is 28.5. The number of methoxy groups -OCH3 is 1. The minimum absolute atomic E-state index is 0.168. The van der Waals surface area contributed by atoms with Crippen molar-refractivity contribution in [1.29, 1.82) is 0 Å². The van der Waals surface area contributed by atoms with Gasteiger partial charge in [0.2, 0.25) is 11.8 Å². The minimum Gasteiger partial charge on any atom is -0.497 e. The number of nitrogens with zero attached hydrogens (tertiary/aromatic N) is 1. The molecular weight excluding hydrogens is 536 g/mol. The summed E-state index contributed by atoms with van der Waals surface area (Å²) in [5.74, 6) is 0.661. The number of nitrogens with one attached hydrogen (secondary N) is 3. The second-order valence-electron chi connectivity index (χ2n) is 10.4. The summed E-state index contributed by atoms with van der Waals surface area (Å²) in [6, 6.07) is 21.2. The highest BCUT2D eigenvalue weighted by molar-refractivity contribution is 7.98. The summed E-state index contributed by atoms with van der Waals surface area (Å²) >= 11 is 1.61. The lowest BCUT2D eigenvalue weighted by atomic mass is 9.89. The van der Waals surface area contributed by atoms with Crippen molar-refractivity contribution in [1.82, 2.24) is 20.5 Å². The Morgan fingerprint density at radius 3 is 2.73 bits per heavy atom. The maximum Gasteiger partial charge on any atom is 0.255 e. The number of carbonyl (C=O) groups is 3. The Labute approximate surface area is 242 Å². The SMILES string of the molecule is COc1cccc(CNC(=O)[C@H](CCSC)NC(=O)[C@@H]2Cc3c([nH]c4ccccc34)[C@H]3c4ccccc4C(=O)N32)c1. The highest BCUT2D eigenvalue weighted by Crippen LogP contribution is 2.46. The summed E-state index contributed by atoms with van der Waals surface area (Å²) in [5.41, 5.74) is 5.35. The number of aromatic nitrogens is 1. The van der Waals surface area contributed by atoms with E-state index in [-0.39, 0.29) is 17.7 Å². The zero-order valence-corrected chi connectivity index (χ0v) is 23.8. The Kier molecular flexibility index (Phi) is 7.45. The van der Waals surface area contributed by atoms with Gasteiger partial charge in [0, 0.05) is 35.1 Å². The fraction of sp³-hybridized carbons (Fsp3) is 0.281. The number of rotatable bonds is 9. The third kappa shape index (κ3) is 4.95. The summed E-state index contributed by atoms with van der Waals surface area (Å²) < 4.78 is 5.29. The van der Waals surface area contributed by atoms with Gasteiger partial charge in [0.15, 0.2) is 0 Å². The van der Waals surface area contributed by atoms with Gasteiger partial charge in [-0.3, -0.25) is 14.4 Å². The number of fused-ring (bicyclic) bond motifs is 7. The number of hydrogen-bond acceptors (Lipinski definition) is 5. The molecule has 3 amide bonds. The lowest BCUT2D eigenvalue weighted by molar-refractivity contribution is -0.132. The van der Waals surface area contributed by atoms with Crippen molar-refractivity contribution < 1.29 is 19.1 Å². The van der Waals surface area contributed by atoms with Crippen LogP contribution in [0.2, 0.25) is 0 Å². The smallest absolute Gasteiger partial charge is 0.255 e. The van der Waals surface area contributed by atoms with Crippen molar-refractivity contribution in [3.05, 3.63) is 101 Å². The lowest BCUT2D eigenvalue weighted by Crippen LogP contribution is -2.56. The Bertz CT molecular complexity index is 1630. The number of H-pyrrole nitrogens is 1. The number of hydrogen-bond donors (Lipinski definition) is 3. The highest BCUT2D eigenvalue weighted by Gasteiger charge is 2.49. The van der Waals surface area contributed by atoms with Crippen molar-refractivity contribution in [3.63, 3.8) is 0 Å². The van der Waals surface area contributed by atoms with Gasteiger partial charge in [-0.1, -0.05) is 48.5 Å². The fourth-order valence-electron chi connectivity index (χ4n) is 6.00. The zero-order valence-electron chi connectivity index (χ0n) is 23.0. The van der Waals surface area contributed by atoms with E-state index in [4.69, 9.17) is 4.74 Å². The van der Waals surface area contributed by atoms with Crippen LogP contribution in [0.25, 0.3) is 10.9 Å². The molecule has 210 valence electrons. The molecule has 3 atom stereocenters. The van der Waals surface area contributed by atoms with Crippen LogP contribution in [0.4, 0.5) is 0 Å². The molecule has 0 aliphatic carbocycles. The molecule has 1 aromatic heterocycles. The van der Waals surface area contributed by atoms with Gasteiger partial charge in [-0.25, -0.2) is 0 Å². The van der Waals surface area contributed by atoms with Crippen molar-refractivity contribution in [2.75, 3.05) is 19.1 Å². The number of thioether (sulfide) groups is 1. The van der Waals surface area contributed by atoms with Crippen LogP contribution in [0.1, 0.15) is 45.2 Å². The maximum absolute atomic E-state index is 14.0. The second-order valence-corrected chi connectivity index (χ2v) is 11.4. The summed E-state index contributed by atoms with van der Waals surface area (Å²) in [5, 5.41) is 7.03. The Balaban J connectivity index is 1.28. The summed E-state index contributed by atoms with van der Waals surface area (Å²) in [4.78, 5) is 46.3. The third-order valence-corrected chi connectivity index (χ3v) is 8.64. The molecule has 0 saturated carbocycles. The van der Waals surface area contributed by atoms with Gasteiger partial charge in [0.1, 0.15) is 17.8 Å². The lowest BCUT2D eigenvalue weighted by Gasteiger charge is -2.37. The van der Waals surface area contributed by atoms with Gasteiger partial charge in [-0.2, -0.15) is 11.8 Å². The molecule has 0 saturated heterocycles. The topological polar surface area (TPSA) is 104 Å². The van der Waals surface area contributed by atoms with E-state index >= 15 is 0 Å². The Morgan fingerprint density at radius 2 is 1.90 bits per heavy atom. The monoisotopic (exact) mass is 568 g/mol. The molecule has 6 rings (SSSR count). The first-order chi connectivity index (χ1) is 20.0. The minimum atomic E-state index is -0.755. The molecule has 0 radical (unpaired) electrons. The molecule has 3 aromatic carbocycles. The predicted molar refractivity (Wildman–Crippen MR) is 160 cm³/mol. The molecule has 3 heterocycles. The van der Waals surface area contributed by atoms with Gasteiger partial charge >= 0.3 is 0 Å². The van der Waals surface area contributed by atoms with Crippen molar-refractivity contribution in [2.24, 2.45) is 0 Å². The summed E-state index contributed by atoms with van der Waals surface area (Å²) in [6.45, 7) is 0.311. The van der Waals surface area contributed by atoms with Crippen LogP contribution in [-0.2, 0) is 22.6 Å². The molecule has 8 nitrogen and oxygen atoms in total. The number of para-hydroxylation sites is 1.